The number of methoxy groups -OCH3 is 1. The maximum absolute atomic E-state index is 13.4. The summed E-state index contributed by atoms with van der Waals surface area (Å²) in [6.45, 7) is 0. The van der Waals surface area contributed by atoms with Crippen molar-refractivity contribution >= 4 is 23.7 Å². The number of likely N-dealkylation sites (N-methyl/N-ethyl adjacent to an activating group) is 2. The first-order chi connectivity index (χ1) is 15.3. The molecule has 10 heteroatoms. The fourth-order valence-electron chi connectivity index (χ4n) is 3.80. The predicted octanol–water partition coefficient (Wildman–Crippen LogP) is 2.33. The molecule has 1 fully saturated rings. The van der Waals surface area contributed by atoms with Gasteiger partial charge in [0.15, 0.2) is 12.1 Å². The van der Waals surface area contributed by atoms with E-state index in [2.05, 4.69) is 4.74 Å². The Morgan fingerprint density at radius 1 is 1.03 bits per heavy atom. The van der Waals surface area contributed by atoms with Crippen molar-refractivity contribution in [1.82, 2.24) is 9.80 Å². The van der Waals surface area contributed by atoms with Gasteiger partial charge in [0.1, 0.15) is 6.04 Å². The number of carbonyl (C=O) groups is 3. The van der Waals surface area contributed by atoms with Gasteiger partial charge in [0.25, 0.3) is 5.69 Å². The van der Waals surface area contributed by atoms with Crippen molar-refractivity contribution in [3.05, 3.63) is 75.8 Å². The number of nitro groups is 1. The highest BCUT2D eigenvalue weighted by molar-refractivity contribution is 5.97. The normalized spacial score (nSPS) is 19.5. The molecular formula is C22H23N3O7. The first kappa shape index (κ1) is 22.7. The van der Waals surface area contributed by atoms with Gasteiger partial charge in [0, 0.05) is 26.6 Å². The van der Waals surface area contributed by atoms with Gasteiger partial charge in [-0.2, -0.15) is 0 Å². The van der Waals surface area contributed by atoms with Crippen molar-refractivity contribution in [2.75, 3.05) is 21.2 Å². The summed E-state index contributed by atoms with van der Waals surface area (Å²) >= 11 is 0. The fraction of sp³-hybridized carbons (Fsp3) is 0.318. The zero-order valence-electron chi connectivity index (χ0n) is 17.8. The Hall–Kier alpha value is -3.95. The highest BCUT2D eigenvalue weighted by Gasteiger charge is 2.49. The van der Waals surface area contributed by atoms with Gasteiger partial charge in [-0.15, -0.1) is 0 Å². The molecule has 3 rings (SSSR count). The van der Waals surface area contributed by atoms with Crippen LogP contribution in [0.15, 0.2) is 54.6 Å². The largest absolute Gasteiger partial charge is 0.508 e. The molecule has 0 N–H and O–H groups in total. The van der Waals surface area contributed by atoms with Gasteiger partial charge >= 0.3 is 6.16 Å². The Morgan fingerprint density at radius 3 is 2.28 bits per heavy atom. The number of hydrogen-bond acceptors (Lipinski definition) is 7. The number of hydrogen-bond donors (Lipinski definition) is 0. The van der Waals surface area contributed by atoms with Crippen LogP contribution in [-0.2, 0) is 25.5 Å². The second kappa shape index (κ2) is 9.46. The minimum Gasteiger partial charge on any atom is -0.438 e. The Bertz CT molecular complexity index is 1030. The van der Waals surface area contributed by atoms with Crippen molar-refractivity contribution < 1.29 is 28.8 Å². The van der Waals surface area contributed by atoms with Gasteiger partial charge in [0.2, 0.25) is 11.8 Å². The van der Waals surface area contributed by atoms with Gasteiger partial charge in [-0.05, 0) is 11.6 Å². The number of ether oxygens (including phenoxy) is 2. The highest BCUT2D eigenvalue weighted by Crippen LogP contribution is 2.35. The third-order valence-electron chi connectivity index (χ3n) is 5.51. The fourth-order valence-corrected chi connectivity index (χ4v) is 3.80. The van der Waals surface area contributed by atoms with E-state index in [0.717, 1.165) is 12.7 Å². The van der Waals surface area contributed by atoms with Gasteiger partial charge < -0.3 is 19.3 Å². The number of benzene rings is 2. The summed E-state index contributed by atoms with van der Waals surface area (Å²) in [5, 5.41) is 11.6. The minimum atomic E-state index is -1.44. The standard InChI is InChI=1S/C22H23N3O7/c1-23-17(13-14-9-5-4-6-10-14)20(26)24(2)18(21(23)27)19(32-22(28)31-3)15-11-7-8-12-16(15)25(29)30/h4-12,17-19H,13H2,1-3H3/t17-,18?,19?/m0/s1. The van der Waals surface area contributed by atoms with Crippen LogP contribution in [0.3, 0.4) is 0 Å². The Kier molecular flexibility index (Phi) is 6.72. The van der Waals surface area contributed by atoms with Crippen molar-refractivity contribution in [3.8, 4) is 0 Å². The van der Waals surface area contributed by atoms with E-state index < -0.39 is 35.2 Å². The number of para-hydroxylation sites is 1. The van der Waals surface area contributed by atoms with Crippen molar-refractivity contribution in [1.29, 1.82) is 0 Å². The van der Waals surface area contributed by atoms with Crippen LogP contribution in [0.4, 0.5) is 10.5 Å². The molecule has 0 bridgehead atoms. The molecule has 0 aromatic heterocycles. The van der Waals surface area contributed by atoms with Gasteiger partial charge in [-0.1, -0.05) is 42.5 Å². The second-order valence-electron chi connectivity index (χ2n) is 7.36. The molecule has 32 heavy (non-hydrogen) atoms. The van der Waals surface area contributed by atoms with Crippen LogP contribution in [0.5, 0.6) is 0 Å². The Balaban J connectivity index is 2.00. The van der Waals surface area contributed by atoms with Gasteiger partial charge in [-0.3, -0.25) is 19.7 Å². The van der Waals surface area contributed by atoms with E-state index in [1.807, 2.05) is 30.3 Å². The Morgan fingerprint density at radius 2 is 1.66 bits per heavy atom. The number of amides is 2. The van der Waals surface area contributed by atoms with Gasteiger partial charge in [0.05, 0.1) is 17.6 Å². The van der Waals surface area contributed by atoms with E-state index in [-0.39, 0.29) is 17.2 Å². The average molecular weight is 441 g/mol. The summed E-state index contributed by atoms with van der Waals surface area (Å²) < 4.78 is 9.86. The van der Waals surface area contributed by atoms with Crippen molar-refractivity contribution in [2.24, 2.45) is 0 Å². The topological polar surface area (TPSA) is 119 Å². The van der Waals surface area contributed by atoms with Crippen LogP contribution < -0.4 is 0 Å². The van der Waals surface area contributed by atoms with E-state index in [1.54, 1.807) is 0 Å². The van der Waals surface area contributed by atoms with Crippen LogP contribution in [0.25, 0.3) is 0 Å². The lowest BCUT2D eigenvalue weighted by atomic mass is 9.93. The maximum Gasteiger partial charge on any atom is 0.508 e. The highest BCUT2D eigenvalue weighted by atomic mass is 16.7. The lowest BCUT2D eigenvalue weighted by Crippen LogP contribution is -2.64. The molecule has 3 atom stereocenters. The van der Waals surface area contributed by atoms with Crippen LogP contribution in [0.2, 0.25) is 0 Å². The molecule has 0 spiro atoms. The molecule has 1 saturated heterocycles. The second-order valence-corrected chi connectivity index (χ2v) is 7.36. The number of carbonyl (C=O) groups excluding carboxylic acids is 3. The summed E-state index contributed by atoms with van der Waals surface area (Å²) in [5.41, 5.74) is 0.512. The number of nitro benzene ring substituents is 1. The summed E-state index contributed by atoms with van der Waals surface area (Å²) in [6, 6.07) is 12.8. The molecule has 0 aliphatic carbocycles. The van der Waals surface area contributed by atoms with Crippen LogP contribution in [0, 0.1) is 10.1 Å². The quantitative estimate of drug-likeness (QED) is 0.383. The smallest absolute Gasteiger partial charge is 0.438 e. The van der Waals surface area contributed by atoms with E-state index in [4.69, 9.17) is 4.74 Å². The van der Waals surface area contributed by atoms with E-state index in [1.165, 1.54) is 48.2 Å². The molecule has 0 saturated carbocycles. The van der Waals surface area contributed by atoms with E-state index >= 15 is 0 Å². The summed E-state index contributed by atoms with van der Waals surface area (Å²) in [7, 11) is 3.99. The van der Waals surface area contributed by atoms with Gasteiger partial charge in [-0.25, -0.2) is 4.79 Å². The molecule has 0 radical (unpaired) electrons. The molecule has 1 aliphatic rings. The predicted molar refractivity (Wildman–Crippen MR) is 113 cm³/mol. The molecule has 2 aromatic carbocycles. The first-order valence-electron chi connectivity index (χ1n) is 9.81. The third-order valence-corrected chi connectivity index (χ3v) is 5.51. The Labute approximate surface area is 184 Å². The van der Waals surface area contributed by atoms with E-state index in [0.29, 0.717) is 6.42 Å². The molecule has 2 aromatic rings. The average Bonchev–Trinajstić information content (AvgIpc) is 2.80. The van der Waals surface area contributed by atoms with Crippen LogP contribution in [0.1, 0.15) is 17.2 Å². The molecule has 1 heterocycles. The summed E-state index contributed by atoms with van der Waals surface area (Å²) in [5.74, 6) is -0.891. The minimum absolute atomic E-state index is 0.0178. The van der Waals surface area contributed by atoms with Crippen molar-refractivity contribution in [3.63, 3.8) is 0 Å². The zero-order chi connectivity index (χ0) is 23.4. The zero-order valence-corrected chi connectivity index (χ0v) is 17.8. The van der Waals surface area contributed by atoms with Crippen LogP contribution >= 0.6 is 0 Å². The van der Waals surface area contributed by atoms with Crippen molar-refractivity contribution in [2.45, 2.75) is 24.6 Å². The number of nitrogens with zero attached hydrogens (tertiary/aromatic N) is 3. The first-order valence-corrected chi connectivity index (χ1v) is 9.81. The van der Waals surface area contributed by atoms with E-state index in [9.17, 15) is 24.5 Å². The maximum atomic E-state index is 13.4. The number of piperazine rings is 1. The summed E-state index contributed by atoms with van der Waals surface area (Å²) in [6.07, 6.45) is -2.27. The number of rotatable bonds is 6. The lowest BCUT2D eigenvalue weighted by molar-refractivity contribution is -0.386. The lowest BCUT2D eigenvalue weighted by Gasteiger charge is -2.44. The molecule has 2 unspecified atom stereocenters. The monoisotopic (exact) mass is 441 g/mol. The van der Waals surface area contributed by atoms with Crippen LogP contribution in [-0.4, -0.2) is 66.0 Å². The molecular weight excluding hydrogens is 418 g/mol. The summed E-state index contributed by atoms with van der Waals surface area (Å²) in [4.78, 5) is 52.0. The molecule has 2 amide bonds. The molecule has 1 aliphatic heterocycles. The third kappa shape index (κ3) is 4.39. The SMILES string of the molecule is COC(=O)OC(c1ccccc1[N+](=O)[O-])C1C(=O)N(C)[C@@H](Cc2ccccc2)C(=O)N1C. The molecule has 168 valence electrons. The molecule has 10 nitrogen and oxygen atoms in total.